The maximum Gasteiger partial charge on any atom is 0.276 e. The minimum absolute atomic E-state index is 0.00366. The molecule has 0 aromatic carbocycles. The molecule has 3 N–H and O–H groups in total. The van der Waals surface area contributed by atoms with Gasteiger partial charge in [0.1, 0.15) is 11.6 Å². The zero-order valence-electron chi connectivity index (χ0n) is 11.5. The summed E-state index contributed by atoms with van der Waals surface area (Å²) in [6.07, 6.45) is 3.70. The van der Waals surface area contributed by atoms with Crippen molar-refractivity contribution in [3.05, 3.63) is 22.2 Å². The second kappa shape index (κ2) is 6.51. The standard InChI is InChI=1S/C13H20N4O3/c1-14-12-6-10(17(19)20)7-13(16-12)15-8-9-4-2-3-5-11(9)18/h6-7,9,11,18H,2-5,8H2,1H3,(H2,14,15,16). The molecular formula is C13H20N4O3. The lowest BCUT2D eigenvalue weighted by atomic mass is 9.86. The van der Waals surface area contributed by atoms with Crippen molar-refractivity contribution in [3.8, 4) is 0 Å². The molecule has 0 spiro atoms. The first-order chi connectivity index (χ1) is 9.60. The minimum Gasteiger partial charge on any atom is -0.393 e. The topological polar surface area (TPSA) is 100 Å². The van der Waals surface area contributed by atoms with Crippen molar-refractivity contribution in [3.63, 3.8) is 0 Å². The zero-order valence-corrected chi connectivity index (χ0v) is 11.5. The van der Waals surface area contributed by atoms with Crippen molar-refractivity contribution in [2.75, 3.05) is 24.2 Å². The minimum atomic E-state index is -0.441. The van der Waals surface area contributed by atoms with E-state index in [1.54, 1.807) is 7.05 Å². The van der Waals surface area contributed by atoms with Crippen molar-refractivity contribution in [1.29, 1.82) is 0 Å². The van der Waals surface area contributed by atoms with Gasteiger partial charge in [-0.25, -0.2) is 4.98 Å². The Bertz CT molecular complexity index is 481. The number of hydrogen-bond donors (Lipinski definition) is 3. The summed E-state index contributed by atoms with van der Waals surface area (Å²) >= 11 is 0. The number of hydrogen-bond acceptors (Lipinski definition) is 6. The Balaban J connectivity index is 2.04. The van der Waals surface area contributed by atoms with Crippen LogP contribution in [0.15, 0.2) is 12.1 Å². The summed E-state index contributed by atoms with van der Waals surface area (Å²) in [6.45, 7) is 0.582. The molecule has 0 radical (unpaired) electrons. The third-order valence-electron chi connectivity index (χ3n) is 3.69. The largest absolute Gasteiger partial charge is 0.393 e. The highest BCUT2D eigenvalue weighted by molar-refractivity contribution is 5.54. The van der Waals surface area contributed by atoms with Crippen LogP contribution >= 0.6 is 0 Å². The Morgan fingerprint density at radius 2 is 2.10 bits per heavy atom. The molecule has 7 nitrogen and oxygen atoms in total. The monoisotopic (exact) mass is 280 g/mol. The molecule has 1 aromatic heterocycles. The van der Waals surface area contributed by atoms with Crippen molar-refractivity contribution in [1.82, 2.24) is 4.98 Å². The van der Waals surface area contributed by atoms with E-state index in [9.17, 15) is 15.2 Å². The van der Waals surface area contributed by atoms with Crippen LogP contribution in [0.2, 0.25) is 0 Å². The number of aliphatic hydroxyl groups excluding tert-OH is 1. The van der Waals surface area contributed by atoms with E-state index in [0.717, 1.165) is 25.7 Å². The van der Waals surface area contributed by atoms with E-state index in [2.05, 4.69) is 15.6 Å². The van der Waals surface area contributed by atoms with Gasteiger partial charge in [-0.15, -0.1) is 0 Å². The van der Waals surface area contributed by atoms with Gasteiger partial charge in [-0.05, 0) is 12.8 Å². The molecular weight excluding hydrogens is 260 g/mol. The smallest absolute Gasteiger partial charge is 0.276 e. The van der Waals surface area contributed by atoms with Gasteiger partial charge < -0.3 is 15.7 Å². The Labute approximate surface area is 117 Å². The van der Waals surface area contributed by atoms with E-state index in [1.807, 2.05) is 0 Å². The molecule has 1 heterocycles. The summed E-state index contributed by atoms with van der Waals surface area (Å²) in [6, 6.07) is 2.80. The quantitative estimate of drug-likeness (QED) is 0.563. The third-order valence-corrected chi connectivity index (χ3v) is 3.69. The number of nitro groups is 1. The number of rotatable bonds is 5. The Morgan fingerprint density at radius 1 is 1.40 bits per heavy atom. The Morgan fingerprint density at radius 3 is 2.75 bits per heavy atom. The number of anilines is 2. The van der Waals surface area contributed by atoms with Crippen LogP contribution in [-0.4, -0.2) is 34.7 Å². The second-order valence-electron chi connectivity index (χ2n) is 5.10. The van der Waals surface area contributed by atoms with Gasteiger partial charge in [0.15, 0.2) is 0 Å². The highest BCUT2D eigenvalue weighted by atomic mass is 16.6. The highest BCUT2D eigenvalue weighted by Gasteiger charge is 2.23. The van der Waals surface area contributed by atoms with Gasteiger partial charge >= 0.3 is 0 Å². The molecule has 1 aliphatic carbocycles. The van der Waals surface area contributed by atoms with Gasteiger partial charge in [-0.2, -0.15) is 0 Å². The number of aromatic nitrogens is 1. The summed E-state index contributed by atoms with van der Waals surface area (Å²) in [5, 5.41) is 26.7. The molecule has 2 unspecified atom stereocenters. The average Bonchev–Trinajstić information content (AvgIpc) is 2.46. The molecule has 1 saturated carbocycles. The van der Waals surface area contributed by atoms with E-state index in [1.165, 1.54) is 12.1 Å². The maximum absolute atomic E-state index is 10.9. The SMILES string of the molecule is CNc1cc([N+](=O)[O-])cc(NCC2CCCCC2O)n1. The normalized spacial score (nSPS) is 22.3. The van der Waals surface area contributed by atoms with Crippen LogP contribution in [0.25, 0.3) is 0 Å². The molecule has 20 heavy (non-hydrogen) atoms. The van der Waals surface area contributed by atoms with Crippen molar-refractivity contribution in [2.24, 2.45) is 5.92 Å². The van der Waals surface area contributed by atoms with Crippen LogP contribution in [0, 0.1) is 16.0 Å². The Hall–Kier alpha value is -1.89. The predicted molar refractivity (Wildman–Crippen MR) is 76.9 cm³/mol. The Kier molecular flexibility index (Phi) is 4.73. The van der Waals surface area contributed by atoms with Crippen molar-refractivity contribution >= 4 is 17.3 Å². The predicted octanol–water partition coefficient (Wildman–Crippen LogP) is 1.99. The maximum atomic E-state index is 10.9. The summed E-state index contributed by atoms with van der Waals surface area (Å²) in [5.74, 6) is 1.09. The van der Waals surface area contributed by atoms with Gasteiger partial charge in [0, 0.05) is 19.5 Å². The zero-order chi connectivity index (χ0) is 14.5. The summed E-state index contributed by atoms with van der Waals surface area (Å²) in [4.78, 5) is 14.7. The third kappa shape index (κ3) is 3.57. The molecule has 2 atom stereocenters. The van der Waals surface area contributed by atoms with Crippen LogP contribution in [0.1, 0.15) is 25.7 Å². The summed E-state index contributed by atoms with van der Waals surface area (Å²) in [7, 11) is 1.67. The van der Waals surface area contributed by atoms with E-state index < -0.39 is 4.92 Å². The van der Waals surface area contributed by atoms with Crippen molar-refractivity contribution in [2.45, 2.75) is 31.8 Å². The first kappa shape index (κ1) is 14.5. The van der Waals surface area contributed by atoms with Crippen molar-refractivity contribution < 1.29 is 10.0 Å². The fourth-order valence-electron chi connectivity index (χ4n) is 2.50. The fourth-order valence-corrected chi connectivity index (χ4v) is 2.50. The first-order valence-corrected chi connectivity index (χ1v) is 6.86. The number of aliphatic hydroxyl groups is 1. The van der Waals surface area contributed by atoms with Gasteiger partial charge in [0.25, 0.3) is 5.69 Å². The molecule has 0 amide bonds. The molecule has 0 aliphatic heterocycles. The van der Waals surface area contributed by atoms with Crippen LogP contribution in [0.3, 0.4) is 0 Å². The van der Waals surface area contributed by atoms with Gasteiger partial charge in [0.2, 0.25) is 0 Å². The molecule has 0 saturated heterocycles. The average molecular weight is 280 g/mol. The van der Waals surface area contributed by atoms with Crippen LogP contribution in [0.4, 0.5) is 17.3 Å². The lowest BCUT2D eigenvalue weighted by Crippen LogP contribution is -2.30. The summed E-state index contributed by atoms with van der Waals surface area (Å²) < 4.78 is 0. The first-order valence-electron chi connectivity index (χ1n) is 6.86. The fraction of sp³-hybridized carbons (Fsp3) is 0.615. The number of pyridine rings is 1. The molecule has 2 rings (SSSR count). The van der Waals surface area contributed by atoms with E-state index >= 15 is 0 Å². The van der Waals surface area contributed by atoms with Gasteiger partial charge in [0.05, 0.1) is 23.2 Å². The van der Waals surface area contributed by atoms with Gasteiger partial charge in [-0.3, -0.25) is 10.1 Å². The molecule has 0 bridgehead atoms. The van der Waals surface area contributed by atoms with E-state index in [0.29, 0.717) is 18.2 Å². The second-order valence-corrected chi connectivity index (χ2v) is 5.10. The van der Waals surface area contributed by atoms with Crippen LogP contribution < -0.4 is 10.6 Å². The molecule has 1 aromatic rings. The van der Waals surface area contributed by atoms with Crippen LogP contribution in [-0.2, 0) is 0 Å². The molecule has 7 heteroatoms. The highest BCUT2D eigenvalue weighted by Crippen LogP contribution is 2.25. The molecule has 1 aliphatic rings. The van der Waals surface area contributed by atoms with E-state index in [4.69, 9.17) is 0 Å². The lowest BCUT2D eigenvalue weighted by molar-refractivity contribution is -0.384. The summed E-state index contributed by atoms with van der Waals surface area (Å²) in [5.41, 5.74) is -0.00366. The number of nitrogens with zero attached hydrogens (tertiary/aromatic N) is 2. The number of nitrogens with one attached hydrogen (secondary N) is 2. The van der Waals surface area contributed by atoms with Gasteiger partial charge in [-0.1, -0.05) is 12.8 Å². The molecule has 1 fully saturated rings. The van der Waals surface area contributed by atoms with E-state index in [-0.39, 0.29) is 17.7 Å². The van der Waals surface area contributed by atoms with Crippen LogP contribution in [0.5, 0.6) is 0 Å². The molecule has 110 valence electrons. The lowest BCUT2D eigenvalue weighted by Gasteiger charge is -2.27.